The summed E-state index contributed by atoms with van der Waals surface area (Å²) < 4.78 is 30.4. The van der Waals surface area contributed by atoms with Crippen LogP contribution in [-0.2, 0) is 14.8 Å². The molecule has 0 saturated carbocycles. The average Bonchev–Trinajstić information content (AvgIpc) is 2.70. The van der Waals surface area contributed by atoms with Crippen LogP contribution in [0.15, 0.2) is 42.5 Å². The van der Waals surface area contributed by atoms with Crippen molar-refractivity contribution in [2.24, 2.45) is 0 Å². The lowest BCUT2D eigenvalue weighted by atomic mass is 10.2. The van der Waals surface area contributed by atoms with Crippen molar-refractivity contribution in [2.75, 3.05) is 42.7 Å². The van der Waals surface area contributed by atoms with Crippen molar-refractivity contribution >= 4 is 50.5 Å². The van der Waals surface area contributed by atoms with Crippen molar-refractivity contribution in [3.05, 3.63) is 52.5 Å². The number of benzene rings is 2. The number of carbonyl (C=O) groups excluding carboxylic acids is 1. The first-order valence-electron chi connectivity index (χ1n) is 9.36. The SMILES string of the molecule is C[C@H](Oc1ccc(Cl)cc1Cl)C(=O)Nc1ccc(N2CCN(S(C)(=O)=O)CC2)cc1. The molecule has 2 aromatic rings. The minimum atomic E-state index is -3.15. The average molecular weight is 472 g/mol. The lowest BCUT2D eigenvalue weighted by Crippen LogP contribution is -2.48. The van der Waals surface area contributed by atoms with E-state index in [0.717, 1.165) is 5.69 Å². The molecule has 30 heavy (non-hydrogen) atoms. The molecule has 1 aliphatic heterocycles. The molecule has 1 fully saturated rings. The van der Waals surface area contributed by atoms with Gasteiger partial charge < -0.3 is 15.0 Å². The third-order valence-electron chi connectivity index (χ3n) is 4.77. The Morgan fingerprint density at radius 1 is 1.07 bits per heavy atom. The van der Waals surface area contributed by atoms with E-state index in [1.807, 2.05) is 12.1 Å². The number of carbonyl (C=O) groups is 1. The molecule has 2 aromatic carbocycles. The van der Waals surface area contributed by atoms with Crippen LogP contribution in [0.5, 0.6) is 5.75 Å². The van der Waals surface area contributed by atoms with Crippen LogP contribution in [0.4, 0.5) is 11.4 Å². The highest BCUT2D eigenvalue weighted by Gasteiger charge is 2.23. The highest BCUT2D eigenvalue weighted by molar-refractivity contribution is 7.88. The Labute approximate surface area is 186 Å². The number of amides is 1. The second kappa shape index (κ2) is 9.43. The molecule has 1 aliphatic rings. The number of ether oxygens (including phenoxy) is 1. The minimum absolute atomic E-state index is 0.310. The third kappa shape index (κ3) is 5.78. The van der Waals surface area contributed by atoms with Gasteiger partial charge in [0.05, 0.1) is 11.3 Å². The van der Waals surface area contributed by atoms with Gasteiger partial charge >= 0.3 is 0 Å². The summed E-state index contributed by atoms with van der Waals surface area (Å²) in [6, 6.07) is 12.2. The number of sulfonamides is 1. The van der Waals surface area contributed by atoms with Gasteiger partial charge in [-0.15, -0.1) is 0 Å². The van der Waals surface area contributed by atoms with Crippen molar-refractivity contribution in [3.8, 4) is 5.75 Å². The van der Waals surface area contributed by atoms with Gasteiger partial charge in [0.1, 0.15) is 5.75 Å². The maximum Gasteiger partial charge on any atom is 0.265 e. The molecule has 1 atom stereocenters. The summed E-state index contributed by atoms with van der Waals surface area (Å²) in [5.74, 6) is 0.0721. The normalized spacial score (nSPS) is 16.2. The zero-order valence-electron chi connectivity index (χ0n) is 16.6. The largest absolute Gasteiger partial charge is 0.479 e. The molecule has 0 aliphatic carbocycles. The monoisotopic (exact) mass is 471 g/mol. The van der Waals surface area contributed by atoms with Gasteiger partial charge in [0.2, 0.25) is 10.0 Å². The number of hydrogen-bond acceptors (Lipinski definition) is 5. The van der Waals surface area contributed by atoms with Crippen LogP contribution in [0.1, 0.15) is 6.92 Å². The maximum absolute atomic E-state index is 12.4. The Morgan fingerprint density at radius 3 is 2.27 bits per heavy atom. The molecule has 10 heteroatoms. The minimum Gasteiger partial charge on any atom is -0.479 e. The van der Waals surface area contributed by atoms with E-state index in [-0.39, 0.29) is 5.91 Å². The summed E-state index contributed by atoms with van der Waals surface area (Å²) in [5, 5.41) is 3.63. The van der Waals surface area contributed by atoms with Crippen LogP contribution in [-0.4, -0.2) is 57.2 Å². The van der Waals surface area contributed by atoms with Gasteiger partial charge in [0, 0.05) is 42.6 Å². The smallest absolute Gasteiger partial charge is 0.265 e. The zero-order chi connectivity index (χ0) is 21.9. The van der Waals surface area contributed by atoms with Gasteiger partial charge in [-0.2, -0.15) is 4.31 Å². The summed E-state index contributed by atoms with van der Waals surface area (Å²) in [5.41, 5.74) is 1.61. The molecule has 0 spiro atoms. The fourth-order valence-electron chi connectivity index (χ4n) is 3.09. The number of halogens is 2. The molecule has 0 unspecified atom stereocenters. The lowest BCUT2D eigenvalue weighted by molar-refractivity contribution is -0.122. The lowest BCUT2D eigenvalue weighted by Gasteiger charge is -2.34. The predicted molar refractivity (Wildman–Crippen MR) is 120 cm³/mol. The molecule has 3 rings (SSSR count). The first kappa shape index (κ1) is 22.7. The van der Waals surface area contributed by atoms with E-state index in [1.165, 1.54) is 10.6 Å². The summed E-state index contributed by atoms with van der Waals surface area (Å²) in [4.78, 5) is 14.5. The van der Waals surface area contributed by atoms with E-state index in [1.54, 1.807) is 37.3 Å². The molecule has 0 bridgehead atoms. The second-order valence-corrected chi connectivity index (χ2v) is 9.85. The number of piperazine rings is 1. The quantitative estimate of drug-likeness (QED) is 0.697. The van der Waals surface area contributed by atoms with Crippen molar-refractivity contribution < 1.29 is 17.9 Å². The fraction of sp³-hybridized carbons (Fsp3) is 0.350. The van der Waals surface area contributed by atoms with E-state index in [0.29, 0.717) is 47.7 Å². The molecule has 0 radical (unpaired) electrons. The molecule has 1 amide bonds. The number of nitrogens with one attached hydrogen (secondary N) is 1. The Kier molecular flexibility index (Phi) is 7.13. The predicted octanol–water partition coefficient (Wildman–Crippen LogP) is 3.48. The summed E-state index contributed by atoms with van der Waals surface area (Å²) in [7, 11) is -3.15. The molecule has 1 N–H and O–H groups in total. The number of rotatable bonds is 6. The van der Waals surface area contributed by atoms with Crippen LogP contribution >= 0.6 is 23.2 Å². The van der Waals surface area contributed by atoms with Gasteiger partial charge in [-0.05, 0) is 49.4 Å². The van der Waals surface area contributed by atoms with E-state index in [9.17, 15) is 13.2 Å². The number of anilines is 2. The molecule has 0 aromatic heterocycles. The van der Waals surface area contributed by atoms with Gasteiger partial charge in [-0.3, -0.25) is 4.79 Å². The standard InChI is InChI=1S/C20H23Cl2N3O4S/c1-14(29-19-8-3-15(21)13-18(19)22)20(26)23-16-4-6-17(7-5-16)24-9-11-25(12-10-24)30(2,27)28/h3-8,13-14H,9-12H2,1-2H3,(H,23,26)/t14-/m0/s1. The van der Waals surface area contributed by atoms with Crippen molar-refractivity contribution in [3.63, 3.8) is 0 Å². The van der Waals surface area contributed by atoms with Gasteiger partial charge in [0.25, 0.3) is 5.91 Å². The van der Waals surface area contributed by atoms with Gasteiger partial charge in [0.15, 0.2) is 6.10 Å². The van der Waals surface area contributed by atoms with E-state index in [4.69, 9.17) is 27.9 Å². The van der Waals surface area contributed by atoms with Crippen molar-refractivity contribution in [2.45, 2.75) is 13.0 Å². The van der Waals surface area contributed by atoms with E-state index < -0.39 is 16.1 Å². The van der Waals surface area contributed by atoms with Crippen molar-refractivity contribution in [1.82, 2.24) is 4.31 Å². The number of nitrogens with zero attached hydrogens (tertiary/aromatic N) is 2. The molecule has 162 valence electrons. The molecule has 1 heterocycles. The summed E-state index contributed by atoms with van der Waals surface area (Å²) in [6.45, 7) is 3.78. The third-order valence-corrected chi connectivity index (χ3v) is 6.61. The zero-order valence-corrected chi connectivity index (χ0v) is 19.0. The highest BCUT2D eigenvalue weighted by atomic mass is 35.5. The van der Waals surface area contributed by atoms with E-state index in [2.05, 4.69) is 10.2 Å². The summed E-state index contributed by atoms with van der Waals surface area (Å²) in [6.07, 6.45) is 0.471. The highest BCUT2D eigenvalue weighted by Crippen LogP contribution is 2.28. The Bertz CT molecular complexity index is 1010. The maximum atomic E-state index is 12.4. The van der Waals surface area contributed by atoms with Gasteiger partial charge in [-0.25, -0.2) is 8.42 Å². The Morgan fingerprint density at radius 2 is 1.70 bits per heavy atom. The van der Waals surface area contributed by atoms with Crippen LogP contribution < -0.4 is 15.0 Å². The topological polar surface area (TPSA) is 79.0 Å². The van der Waals surface area contributed by atoms with Crippen LogP contribution in [0.3, 0.4) is 0 Å². The second-order valence-electron chi connectivity index (χ2n) is 7.02. The van der Waals surface area contributed by atoms with Crippen LogP contribution in [0.2, 0.25) is 10.0 Å². The van der Waals surface area contributed by atoms with Crippen molar-refractivity contribution in [1.29, 1.82) is 0 Å². The molecular weight excluding hydrogens is 449 g/mol. The first-order chi connectivity index (χ1) is 14.1. The molecular formula is C20H23Cl2N3O4S. The van der Waals surface area contributed by atoms with Crippen LogP contribution in [0.25, 0.3) is 0 Å². The first-order valence-corrected chi connectivity index (χ1v) is 12.0. The van der Waals surface area contributed by atoms with E-state index >= 15 is 0 Å². The van der Waals surface area contributed by atoms with Crippen LogP contribution in [0, 0.1) is 0 Å². The molecule has 7 nitrogen and oxygen atoms in total. The Balaban J connectivity index is 1.55. The fourth-order valence-corrected chi connectivity index (χ4v) is 4.37. The molecule has 1 saturated heterocycles. The number of hydrogen-bond donors (Lipinski definition) is 1. The summed E-state index contributed by atoms with van der Waals surface area (Å²) >= 11 is 11.9. The van der Waals surface area contributed by atoms with Gasteiger partial charge in [-0.1, -0.05) is 23.2 Å². The Hall–Kier alpha value is -2.00.